The molecule has 0 saturated carbocycles. The van der Waals surface area contributed by atoms with Gasteiger partial charge in [0.1, 0.15) is 12.1 Å². The molecular weight excluding hydrogens is 308 g/mol. The average molecular weight is 322 g/mol. The summed E-state index contributed by atoms with van der Waals surface area (Å²) in [7, 11) is 0. The Bertz CT molecular complexity index is 945. The molecule has 1 aromatic carbocycles. The monoisotopic (exact) mass is 322 g/mol. The average Bonchev–Trinajstić information content (AvgIpc) is 3.25. The summed E-state index contributed by atoms with van der Waals surface area (Å²) in [5.74, 6) is 0.523. The van der Waals surface area contributed by atoms with Gasteiger partial charge in [0.05, 0.1) is 19.1 Å². The molecule has 0 aliphatic carbocycles. The topological polar surface area (TPSA) is 120 Å². The molecule has 0 radical (unpaired) electrons. The van der Waals surface area contributed by atoms with E-state index in [-0.39, 0.29) is 5.95 Å². The number of H-pyrrole nitrogens is 1. The summed E-state index contributed by atoms with van der Waals surface area (Å²) in [5.41, 5.74) is 8.93. The molecule has 3 aromatic heterocycles. The van der Waals surface area contributed by atoms with Crippen LogP contribution in [0, 0.1) is 0 Å². The van der Waals surface area contributed by atoms with Crippen molar-refractivity contribution >= 4 is 17.1 Å². The minimum atomic E-state index is 0.132. The van der Waals surface area contributed by atoms with Crippen LogP contribution in [-0.2, 0) is 13.2 Å². The molecule has 0 atom stereocenters. The van der Waals surface area contributed by atoms with E-state index in [2.05, 4.69) is 30.2 Å². The molecular formula is C15H14N8O. The zero-order chi connectivity index (χ0) is 16.4. The lowest BCUT2D eigenvalue weighted by molar-refractivity contribution is 0.297. The number of anilines is 1. The van der Waals surface area contributed by atoms with Gasteiger partial charge in [-0.25, -0.2) is 9.67 Å². The Morgan fingerprint density at radius 1 is 1.12 bits per heavy atom. The highest BCUT2D eigenvalue weighted by molar-refractivity contribution is 5.76. The first-order valence-corrected chi connectivity index (χ1v) is 7.29. The molecule has 0 saturated heterocycles. The number of ether oxygens (including phenoxy) is 1. The maximum atomic E-state index is 5.76. The van der Waals surface area contributed by atoms with Crippen molar-refractivity contribution in [3.05, 3.63) is 54.1 Å². The van der Waals surface area contributed by atoms with Crippen LogP contribution in [0.15, 0.2) is 43.0 Å². The van der Waals surface area contributed by atoms with E-state index in [4.69, 9.17) is 10.5 Å². The van der Waals surface area contributed by atoms with Crippen molar-refractivity contribution in [2.45, 2.75) is 13.2 Å². The number of fused-ring (bicyclic) bond motifs is 1. The van der Waals surface area contributed by atoms with Gasteiger partial charge in [-0.15, -0.1) is 5.10 Å². The summed E-state index contributed by atoms with van der Waals surface area (Å²) in [6, 6.07) is 8.06. The highest BCUT2D eigenvalue weighted by Gasteiger charge is 2.09. The van der Waals surface area contributed by atoms with Gasteiger partial charge in [0, 0.05) is 6.20 Å². The van der Waals surface area contributed by atoms with Gasteiger partial charge in [-0.1, -0.05) is 29.5 Å². The van der Waals surface area contributed by atoms with E-state index < -0.39 is 0 Å². The van der Waals surface area contributed by atoms with E-state index in [1.165, 1.54) is 6.33 Å². The van der Waals surface area contributed by atoms with Crippen LogP contribution in [0.4, 0.5) is 5.95 Å². The van der Waals surface area contributed by atoms with E-state index in [0.717, 1.165) is 11.1 Å². The summed E-state index contributed by atoms with van der Waals surface area (Å²) in [6.07, 6.45) is 5.02. The Morgan fingerprint density at radius 3 is 2.75 bits per heavy atom. The van der Waals surface area contributed by atoms with Gasteiger partial charge in [-0.2, -0.15) is 9.97 Å². The largest absolute Gasteiger partial charge is 0.471 e. The smallest absolute Gasteiger partial charge is 0.245 e. The number of aromatic amines is 1. The van der Waals surface area contributed by atoms with E-state index >= 15 is 0 Å². The second kappa shape index (κ2) is 5.95. The fourth-order valence-corrected chi connectivity index (χ4v) is 2.32. The van der Waals surface area contributed by atoms with Crippen LogP contribution in [0.5, 0.6) is 5.88 Å². The Labute approximate surface area is 136 Å². The third kappa shape index (κ3) is 2.86. The zero-order valence-corrected chi connectivity index (χ0v) is 12.6. The molecule has 120 valence electrons. The molecule has 0 amide bonds. The second-order valence-corrected chi connectivity index (χ2v) is 5.19. The number of nitrogens with one attached hydrogen (secondary N) is 1. The third-order valence-corrected chi connectivity index (χ3v) is 3.48. The first kappa shape index (κ1) is 14.1. The molecule has 9 heteroatoms. The summed E-state index contributed by atoms with van der Waals surface area (Å²) in [6.45, 7) is 1.05. The maximum Gasteiger partial charge on any atom is 0.245 e. The van der Waals surface area contributed by atoms with Crippen molar-refractivity contribution < 1.29 is 4.74 Å². The minimum absolute atomic E-state index is 0.132. The number of hydrogen-bond donors (Lipinski definition) is 2. The van der Waals surface area contributed by atoms with Gasteiger partial charge in [-0.05, 0) is 11.1 Å². The highest BCUT2D eigenvalue weighted by atomic mass is 16.5. The Morgan fingerprint density at radius 2 is 1.96 bits per heavy atom. The van der Waals surface area contributed by atoms with Crippen LogP contribution in [0.3, 0.4) is 0 Å². The number of imidazole rings is 1. The molecule has 0 fully saturated rings. The molecule has 0 aliphatic heterocycles. The first-order chi connectivity index (χ1) is 11.8. The molecule has 0 aliphatic rings. The molecule has 4 aromatic rings. The van der Waals surface area contributed by atoms with Gasteiger partial charge in [0.15, 0.2) is 5.65 Å². The van der Waals surface area contributed by atoms with Gasteiger partial charge in [0.25, 0.3) is 0 Å². The minimum Gasteiger partial charge on any atom is -0.471 e. The van der Waals surface area contributed by atoms with Crippen LogP contribution < -0.4 is 10.5 Å². The maximum absolute atomic E-state index is 5.76. The number of rotatable bonds is 5. The van der Waals surface area contributed by atoms with Crippen LogP contribution in [-0.4, -0.2) is 34.9 Å². The van der Waals surface area contributed by atoms with Crippen molar-refractivity contribution in [1.29, 1.82) is 0 Å². The number of benzene rings is 1. The van der Waals surface area contributed by atoms with Gasteiger partial charge >= 0.3 is 0 Å². The number of nitrogen functional groups attached to an aromatic ring is 1. The predicted molar refractivity (Wildman–Crippen MR) is 86.0 cm³/mol. The standard InChI is InChI=1S/C15H14N8O/c16-15-20-13-12(17-9-18-13)14(21-15)24-8-11-3-1-10(2-4-11)7-23-6-5-19-22-23/h1-6,9H,7-8H2,(H3,16,17,18,20,21). The van der Waals surface area contributed by atoms with E-state index in [0.29, 0.717) is 30.2 Å². The predicted octanol–water partition coefficient (Wildman–Crippen LogP) is 1.15. The van der Waals surface area contributed by atoms with Gasteiger partial charge < -0.3 is 15.5 Å². The third-order valence-electron chi connectivity index (χ3n) is 3.48. The number of hydrogen-bond acceptors (Lipinski definition) is 7. The lowest BCUT2D eigenvalue weighted by Gasteiger charge is -2.07. The lowest BCUT2D eigenvalue weighted by Crippen LogP contribution is -2.03. The van der Waals surface area contributed by atoms with Crippen LogP contribution in [0.25, 0.3) is 11.2 Å². The number of nitrogens with zero attached hydrogens (tertiary/aromatic N) is 6. The fourth-order valence-electron chi connectivity index (χ4n) is 2.32. The zero-order valence-electron chi connectivity index (χ0n) is 12.6. The van der Waals surface area contributed by atoms with Crippen molar-refractivity contribution in [2.75, 3.05) is 5.73 Å². The second-order valence-electron chi connectivity index (χ2n) is 5.19. The summed E-state index contributed by atoms with van der Waals surface area (Å²) in [5, 5.41) is 7.74. The molecule has 24 heavy (non-hydrogen) atoms. The molecule has 0 bridgehead atoms. The van der Waals surface area contributed by atoms with Crippen molar-refractivity contribution in [3.63, 3.8) is 0 Å². The fraction of sp³-hybridized carbons (Fsp3) is 0.133. The normalized spacial score (nSPS) is 11.0. The van der Waals surface area contributed by atoms with Gasteiger partial charge in [0.2, 0.25) is 11.8 Å². The molecule has 0 unspecified atom stereocenters. The highest BCUT2D eigenvalue weighted by Crippen LogP contribution is 2.20. The summed E-state index contributed by atoms with van der Waals surface area (Å²) in [4.78, 5) is 15.2. The van der Waals surface area contributed by atoms with E-state index in [9.17, 15) is 0 Å². The van der Waals surface area contributed by atoms with Crippen LogP contribution in [0.2, 0.25) is 0 Å². The van der Waals surface area contributed by atoms with E-state index in [1.54, 1.807) is 10.9 Å². The SMILES string of the molecule is Nc1nc(OCc2ccc(Cn3ccnn3)cc2)c2[nH]cnc2n1. The first-order valence-electron chi connectivity index (χ1n) is 7.29. The van der Waals surface area contributed by atoms with Crippen molar-refractivity contribution in [3.8, 4) is 5.88 Å². The molecule has 3 heterocycles. The number of aromatic nitrogens is 7. The summed E-state index contributed by atoms with van der Waals surface area (Å²) < 4.78 is 7.53. The lowest BCUT2D eigenvalue weighted by atomic mass is 10.1. The molecule has 4 rings (SSSR count). The number of nitrogens with two attached hydrogens (primary N) is 1. The molecule has 0 spiro atoms. The van der Waals surface area contributed by atoms with Crippen LogP contribution in [0.1, 0.15) is 11.1 Å². The molecule has 9 nitrogen and oxygen atoms in total. The Hall–Kier alpha value is -3.49. The quantitative estimate of drug-likeness (QED) is 0.565. The Kier molecular flexibility index (Phi) is 3.50. The summed E-state index contributed by atoms with van der Waals surface area (Å²) >= 11 is 0. The molecule has 3 N–H and O–H groups in total. The van der Waals surface area contributed by atoms with Crippen LogP contribution >= 0.6 is 0 Å². The Balaban J connectivity index is 1.46. The van der Waals surface area contributed by atoms with Gasteiger partial charge in [-0.3, -0.25) is 0 Å². The van der Waals surface area contributed by atoms with Crippen molar-refractivity contribution in [1.82, 2.24) is 34.9 Å². The van der Waals surface area contributed by atoms with Crippen molar-refractivity contribution in [2.24, 2.45) is 0 Å². The van der Waals surface area contributed by atoms with E-state index in [1.807, 2.05) is 30.5 Å².